The summed E-state index contributed by atoms with van der Waals surface area (Å²) in [5.74, 6) is 0.341. The van der Waals surface area contributed by atoms with Crippen LogP contribution in [-0.4, -0.2) is 18.0 Å². The van der Waals surface area contributed by atoms with Crippen LogP contribution in [0.1, 0.15) is 16.1 Å². The second-order valence-corrected chi connectivity index (χ2v) is 4.42. The molecule has 0 saturated heterocycles. The van der Waals surface area contributed by atoms with E-state index < -0.39 is 5.91 Å². The highest BCUT2D eigenvalue weighted by atomic mass is 35.5. The van der Waals surface area contributed by atoms with Crippen LogP contribution in [0.3, 0.4) is 0 Å². The number of primary amides is 1. The van der Waals surface area contributed by atoms with Crippen molar-refractivity contribution in [1.82, 2.24) is 4.98 Å². The van der Waals surface area contributed by atoms with Gasteiger partial charge >= 0.3 is 0 Å². The lowest BCUT2D eigenvalue weighted by molar-refractivity contribution is 0.0995. The first-order valence-corrected chi connectivity index (χ1v) is 6.19. The number of amides is 1. The van der Waals surface area contributed by atoms with E-state index in [4.69, 9.17) is 26.8 Å². The number of nitrogens with zero attached hydrogens (tertiary/aromatic N) is 1. The molecule has 0 aliphatic rings. The van der Waals surface area contributed by atoms with Crippen molar-refractivity contribution in [3.8, 4) is 11.5 Å². The second-order valence-electron chi connectivity index (χ2n) is 3.98. The number of hydrogen-bond acceptors (Lipinski definition) is 4. The van der Waals surface area contributed by atoms with E-state index in [1.165, 1.54) is 19.4 Å². The van der Waals surface area contributed by atoms with Crippen molar-refractivity contribution in [1.29, 1.82) is 0 Å². The summed E-state index contributed by atoms with van der Waals surface area (Å²) in [5, 5.41) is 0.552. The molecule has 0 aliphatic carbocycles. The fraction of sp³-hybridized carbons (Fsp3) is 0.143. The Balaban J connectivity index is 2.16. The Labute approximate surface area is 121 Å². The summed E-state index contributed by atoms with van der Waals surface area (Å²) in [6.07, 6.45) is 1.53. The fourth-order valence-electron chi connectivity index (χ4n) is 1.60. The van der Waals surface area contributed by atoms with Gasteiger partial charge < -0.3 is 15.2 Å². The molecule has 1 aromatic carbocycles. The van der Waals surface area contributed by atoms with Gasteiger partial charge in [0.15, 0.2) is 0 Å². The number of carbonyl (C=O) groups excluding carboxylic acids is 1. The number of pyridine rings is 1. The average Bonchev–Trinajstić information content (AvgIpc) is 2.46. The van der Waals surface area contributed by atoms with Crippen LogP contribution in [0, 0.1) is 0 Å². The van der Waals surface area contributed by atoms with Crippen molar-refractivity contribution in [2.24, 2.45) is 5.73 Å². The molecule has 0 radical (unpaired) electrons. The van der Waals surface area contributed by atoms with Crippen LogP contribution in [0.4, 0.5) is 0 Å². The Kier molecular flexibility index (Phi) is 4.42. The lowest BCUT2D eigenvalue weighted by Gasteiger charge is -2.10. The smallest absolute Gasteiger partial charge is 0.252 e. The summed E-state index contributed by atoms with van der Waals surface area (Å²) in [7, 11) is 1.51. The van der Waals surface area contributed by atoms with Gasteiger partial charge in [0.1, 0.15) is 18.1 Å². The van der Waals surface area contributed by atoms with Crippen molar-refractivity contribution in [3.05, 3.63) is 52.8 Å². The van der Waals surface area contributed by atoms with E-state index in [9.17, 15) is 4.79 Å². The molecule has 0 atom stereocenters. The van der Waals surface area contributed by atoms with Gasteiger partial charge in [0.05, 0.1) is 23.4 Å². The molecule has 1 aromatic heterocycles. The molecule has 1 amide bonds. The van der Waals surface area contributed by atoms with Crippen LogP contribution in [0.2, 0.25) is 5.02 Å². The Morgan fingerprint density at radius 1 is 1.35 bits per heavy atom. The zero-order chi connectivity index (χ0) is 14.5. The number of rotatable bonds is 5. The molecule has 0 aliphatic heterocycles. The Morgan fingerprint density at radius 3 is 2.75 bits per heavy atom. The number of benzene rings is 1. The third-order valence-electron chi connectivity index (χ3n) is 2.62. The van der Waals surface area contributed by atoms with Gasteiger partial charge in [-0.3, -0.25) is 9.78 Å². The molecule has 6 heteroatoms. The van der Waals surface area contributed by atoms with Gasteiger partial charge in [0, 0.05) is 6.20 Å². The van der Waals surface area contributed by atoms with E-state index in [0.717, 1.165) is 0 Å². The van der Waals surface area contributed by atoms with Gasteiger partial charge in [0.25, 0.3) is 5.91 Å². The molecule has 2 aromatic rings. The maximum Gasteiger partial charge on any atom is 0.252 e. The SMILES string of the molecule is COc1ccc(OCc2ccc(Cl)cn2)c(C(N)=O)c1. The third kappa shape index (κ3) is 3.39. The molecule has 2 rings (SSSR count). The zero-order valence-corrected chi connectivity index (χ0v) is 11.6. The predicted octanol–water partition coefficient (Wildman–Crippen LogP) is 2.42. The van der Waals surface area contributed by atoms with Crippen LogP contribution in [-0.2, 0) is 6.61 Å². The number of hydrogen-bond donors (Lipinski definition) is 1. The average molecular weight is 293 g/mol. The first-order valence-electron chi connectivity index (χ1n) is 5.81. The van der Waals surface area contributed by atoms with E-state index in [0.29, 0.717) is 22.2 Å². The minimum Gasteiger partial charge on any atom is -0.497 e. The maximum absolute atomic E-state index is 11.4. The van der Waals surface area contributed by atoms with Gasteiger partial charge in [-0.1, -0.05) is 11.6 Å². The van der Waals surface area contributed by atoms with Crippen LogP contribution in [0.25, 0.3) is 0 Å². The highest BCUT2D eigenvalue weighted by molar-refractivity contribution is 6.30. The summed E-state index contributed by atoms with van der Waals surface area (Å²) in [6.45, 7) is 0.212. The number of ether oxygens (including phenoxy) is 2. The van der Waals surface area contributed by atoms with Gasteiger partial charge in [-0.15, -0.1) is 0 Å². The Hall–Kier alpha value is -2.27. The monoisotopic (exact) mass is 292 g/mol. The number of aromatic nitrogens is 1. The minimum atomic E-state index is -0.581. The highest BCUT2D eigenvalue weighted by Crippen LogP contribution is 2.24. The first kappa shape index (κ1) is 14.1. The van der Waals surface area contributed by atoms with Gasteiger partial charge in [-0.25, -0.2) is 0 Å². The third-order valence-corrected chi connectivity index (χ3v) is 2.84. The fourth-order valence-corrected chi connectivity index (χ4v) is 1.71. The van der Waals surface area contributed by atoms with E-state index in [2.05, 4.69) is 4.98 Å². The van der Waals surface area contributed by atoms with Gasteiger partial charge in [0.2, 0.25) is 0 Å². The molecule has 0 spiro atoms. The van der Waals surface area contributed by atoms with Crippen molar-refractivity contribution < 1.29 is 14.3 Å². The molecule has 0 unspecified atom stereocenters. The van der Waals surface area contributed by atoms with Crippen molar-refractivity contribution in [3.63, 3.8) is 0 Å². The molecule has 5 nitrogen and oxygen atoms in total. The Bertz CT molecular complexity index is 614. The normalized spacial score (nSPS) is 10.1. The van der Waals surface area contributed by atoms with Crippen molar-refractivity contribution in [2.75, 3.05) is 7.11 Å². The molecule has 0 saturated carbocycles. The molecular formula is C14H13ClN2O3. The summed E-state index contributed by atoms with van der Waals surface area (Å²) in [4.78, 5) is 15.5. The number of nitrogens with two attached hydrogens (primary N) is 1. The molecule has 20 heavy (non-hydrogen) atoms. The number of carbonyl (C=O) groups is 1. The minimum absolute atomic E-state index is 0.212. The summed E-state index contributed by atoms with van der Waals surface area (Å²) in [5.41, 5.74) is 6.28. The Morgan fingerprint density at radius 2 is 2.15 bits per heavy atom. The van der Waals surface area contributed by atoms with Crippen molar-refractivity contribution in [2.45, 2.75) is 6.61 Å². The molecule has 104 valence electrons. The van der Waals surface area contributed by atoms with Crippen molar-refractivity contribution >= 4 is 17.5 Å². The van der Waals surface area contributed by atoms with Gasteiger partial charge in [-0.2, -0.15) is 0 Å². The van der Waals surface area contributed by atoms with Crippen LogP contribution >= 0.6 is 11.6 Å². The van der Waals surface area contributed by atoms with Crippen LogP contribution in [0.5, 0.6) is 11.5 Å². The summed E-state index contributed by atoms with van der Waals surface area (Å²) < 4.78 is 10.6. The molecular weight excluding hydrogens is 280 g/mol. The predicted molar refractivity (Wildman–Crippen MR) is 75.1 cm³/mol. The van der Waals surface area contributed by atoms with Crippen LogP contribution < -0.4 is 15.2 Å². The van der Waals surface area contributed by atoms with E-state index in [-0.39, 0.29) is 12.2 Å². The van der Waals surface area contributed by atoms with Gasteiger partial charge in [-0.05, 0) is 30.3 Å². The molecule has 2 N–H and O–H groups in total. The molecule has 0 bridgehead atoms. The molecule has 1 heterocycles. The number of methoxy groups -OCH3 is 1. The van der Waals surface area contributed by atoms with Crippen LogP contribution in [0.15, 0.2) is 36.5 Å². The number of halogens is 1. The summed E-state index contributed by atoms with van der Waals surface area (Å²) >= 11 is 5.75. The van der Waals surface area contributed by atoms with E-state index in [1.54, 1.807) is 24.3 Å². The zero-order valence-electron chi connectivity index (χ0n) is 10.8. The second kappa shape index (κ2) is 6.25. The lowest BCUT2D eigenvalue weighted by Crippen LogP contribution is -2.13. The lowest BCUT2D eigenvalue weighted by atomic mass is 10.2. The topological polar surface area (TPSA) is 74.4 Å². The van der Waals surface area contributed by atoms with E-state index in [1.807, 2.05) is 0 Å². The maximum atomic E-state index is 11.4. The first-order chi connectivity index (χ1) is 9.60. The molecule has 0 fully saturated rings. The standard InChI is InChI=1S/C14H13ClN2O3/c1-19-11-4-5-13(12(6-11)14(16)18)20-8-10-3-2-9(15)7-17-10/h2-7H,8H2,1H3,(H2,16,18). The largest absolute Gasteiger partial charge is 0.497 e. The van der Waals surface area contributed by atoms with E-state index >= 15 is 0 Å². The quantitative estimate of drug-likeness (QED) is 0.918. The summed E-state index contributed by atoms with van der Waals surface area (Å²) in [6, 6.07) is 8.32. The highest BCUT2D eigenvalue weighted by Gasteiger charge is 2.11.